The van der Waals surface area contributed by atoms with Crippen molar-refractivity contribution in [1.82, 2.24) is 0 Å². The van der Waals surface area contributed by atoms with Gasteiger partial charge in [-0.1, -0.05) is 42.5 Å². The van der Waals surface area contributed by atoms with Crippen LogP contribution in [0.4, 0.5) is 5.69 Å². The number of para-hydroxylation sites is 2. The number of phenolic OH excluding ortho intramolecular Hbond substituents is 1. The van der Waals surface area contributed by atoms with Gasteiger partial charge in [-0.05, 0) is 17.7 Å². The second kappa shape index (κ2) is 5.04. The first-order chi connectivity index (χ1) is 8.31. The van der Waals surface area contributed by atoms with Crippen molar-refractivity contribution in [3.05, 3.63) is 60.2 Å². The third-order valence-corrected chi connectivity index (χ3v) is 2.47. The molecule has 1 atom stereocenters. The Hall–Kier alpha value is -2.47. The number of hydrogen-bond donors (Lipinski definition) is 2. The molecule has 0 saturated heterocycles. The Kier molecular flexibility index (Phi) is 3.27. The Labute approximate surface area is 100.0 Å². The number of aromatic hydroxyl groups is 1. The van der Waals surface area contributed by atoms with Gasteiger partial charge >= 0.3 is 0 Å². The van der Waals surface area contributed by atoms with Crippen LogP contribution >= 0.6 is 0 Å². The molecule has 0 aromatic heterocycles. The van der Waals surface area contributed by atoms with Gasteiger partial charge in [0.1, 0.15) is 11.8 Å². The second-order valence-electron chi connectivity index (χ2n) is 3.63. The maximum Gasteiger partial charge on any atom is 0.140 e. The number of nitrogens with zero attached hydrogens (tertiary/aromatic N) is 1. The quantitative estimate of drug-likeness (QED) is 0.788. The van der Waals surface area contributed by atoms with Crippen molar-refractivity contribution in [2.45, 2.75) is 6.04 Å². The first kappa shape index (κ1) is 11.0. The highest BCUT2D eigenvalue weighted by molar-refractivity contribution is 5.57. The zero-order valence-corrected chi connectivity index (χ0v) is 9.17. The summed E-state index contributed by atoms with van der Waals surface area (Å²) in [5.74, 6) is 0.142. The molecule has 2 aromatic carbocycles. The normalized spacial score (nSPS) is 11.5. The molecule has 0 aliphatic rings. The summed E-state index contributed by atoms with van der Waals surface area (Å²) in [5.41, 5.74) is 1.43. The van der Waals surface area contributed by atoms with Gasteiger partial charge in [0.15, 0.2) is 0 Å². The molecule has 0 spiro atoms. The molecule has 0 fully saturated rings. The summed E-state index contributed by atoms with van der Waals surface area (Å²) in [6, 6.07) is 18.0. The van der Waals surface area contributed by atoms with Crippen LogP contribution in [0.1, 0.15) is 11.6 Å². The van der Waals surface area contributed by atoms with E-state index in [1.54, 1.807) is 18.2 Å². The summed E-state index contributed by atoms with van der Waals surface area (Å²) < 4.78 is 0. The standard InChI is InChI=1S/C14H12N2O/c15-10-13(11-6-2-1-3-7-11)16-12-8-4-5-9-14(12)17/h1-9,13,16-17H/t13-/m0/s1. The molecule has 84 valence electrons. The van der Waals surface area contributed by atoms with Crippen LogP contribution in [-0.4, -0.2) is 5.11 Å². The average molecular weight is 224 g/mol. The van der Waals surface area contributed by atoms with Crippen molar-refractivity contribution in [2.75, 3.05) is 5.32 Å². The van der Waals surface area contributed by atoms with Gasteiger partial charge in [-0.2, -0.15) is 5.26 Å². The van der Waals surface area contributed by atoms with Crippen molar-refractivity contribution < 1.29 is 5.11 Å². The molecule has 2 aromatic rings. The van der Waals surface area contributed by atoms with Crippen molar-refractivity contribution in [3.63, 3.8) is 0 Å². The number of anilines is 1. The number of benzene rings is 2. The third-order valence-electron chi connectivity index (χ3n) is 2.47. The molecule has 0 radical (unpaired) electrons. The van der Waals surface area contributed by atoms with E-state index in [-0.39, 0.29) is 5.75 Å². The maximum absolute atomic E-state index is 9.63. The summed E-state index contributed by atoms with van der Waals surface area (Å²) in [7, 11) is 0. The van der Waals surface area contributed by atoms with Gasteiger partial charge in [0, 0.05) is 0 Å². The minimum absolute atomic E-state index is 0.142. The lowest BCUT2D eigenvalue weighted by molar-refractivity contribution is 0.477. The van der Waals surface area contributed by atoms with E-state index < -0.39 is 6.04 Å². The van der Waals surface area contributed by atoms with E-state index in [2.05, 4.69) is 11.4 Å². The van der Waals surface area contributed by atoms with E-state index in [9.17, 15) is 5.11 Å². The molecule has 0 aliphatic heterocycles. The number of hydrogen-bond acceptors (Lipinski definition) is 3. The number of phenols is 1. The highest BCUT2D eigenvalue weighted by Gasteiger charge is 2.11. The Morgan fingerprint density at radius 3 is 2.29 bits per heavy atom. The summed E-state index contributed by atoms with van der Waals surface area (Å²) in [6.45, 7) is 0. The van der Waals surface area contributed by atoms with E-state index in [0.29, 0.717) is 5.69 Å². The highest BCUT2D eigenvalue weighted by Crippen LogP contribution is 2.26. The fraction of sp³-hybridized carbons (Fsp3) is 0.0714. The largest absolute Gasteiger partial charge is 0.506 e. The SMILES string of the molecule is N#C[C@H](Nc1ccccc1O)c1ccccc1. The van der Waals surface area contributed by atoms with E-state index in [1.165, 1.54) is 0 Å². The first-order valence-electron chi connectivity index (χ1n) is 5.30. The van der Waals surface area contributed by atoms with Crippen molar-refractivity contribution in [1.29, 1.82) is 5.26 Å². The average Bonchev–Trinajstić information content (AvgIpc) is 2.39. The summed E-state index contributed by atoms with van der Waals surface area (Å²) in [4.78, 5) is 0. The van der Waals surface area contributed by atoms with Crippen molar-refractivity contribution in [2.24, 2.45) is 0 Å². The van der Waals surface area contributed by atoms with Gasteiger partial charge in [-0.25, -0.2) is 0 Å². The van der Waals surface area contributed by atoms with Crippen LogP contribution in [0.15, 0.2) is 54.6 Å². The van der Waals surface area contributed by atoms with Crippen molar-refractivity contribution in [3.8, 4) is 11.8 Å². The second-order valence-corrected chi connectivity index (χ2v) is 3.63. The molecule has 17 heavy (non-hydrogen) atoms. The monoisotopic (exact) mass is 224 g/mol. The van der Waals surface area contributed by atoms with Gasteiger partial charge in [0.2, 0.25) is 0 Å². The molecule has 0 amide bonds. The Morgan fingerprint density at radius 1 is 1.00 bits per heavy atom. The smallest absolute Gasteiger partial charge is 0.140 e. The van der Waals surface area contributed by atoms with Gasteiger partial charge in [-0.15, -0.1) is 0 Å². The van der Waals surface area contributed by atoms with Crippen molar-refractivity contribution >= 4 is 5.69 Å². The third kappa shape index (κ3) is 2.56. The minimum Gasteiger partial charge on any atom is -0.506 e. The van der Waals surface area contributed by atoms with E-state index >= 15 is 0 Å². The minimum atomic E-state index is -0.468. The predicted molar refractivity (Wildman–Crippen MR) is 66.5 cm³/mol. The molecular weight excluding hydrogens is 212 g/mol. The van der Waals surface area contributed by atoms with Crippen LogP contribution in [0.25, 0.3) is 0 Å². The summed E-state index contributed by atoms with van der Waals surface area (Å²) >= 11 is 0. The summed E-state index contributed by atoms with van der Waals surface area (Å²) in [6.07, 6.45) is 0. The van der Waals surface area contributed by atoms with Gasteiger partial charge < -0.3 is 10.4 Å². The molecule has 0 bridgehead atoms. The van der Waals surface area contributed by atoms with Gasteiger partial charge in [-0.3, -0.25) is 0 Å². The van der Waals surface area contributed by atoms with Crippen LogP contribution in [0.2, 0.25) is 0 Å². The molecule has 3 heteroatoms. The molecule has 0 heterocycles. The fourth-order valence-electron chi connectivity index (χ4n) is 1.59. The molecular formula is C14H12N2O. The molecule has 0 saturated carbocycles. The Bertz CT molecular complexity index is 531. The lowest BCUT2D eigenvalue weighted by atomic mass is 10.1. The summed E-state index contributed by atoms with van der Waals surface area (Å²) in [5, 5.41) is 21.8. The fourth-order valence-corrected chi connectivity index (χ4v) is 1.59. The maximum atomic E-state index is 9.63. The predicted octanol–water partition coefficient (Wildman–Crippen LogP) is 3.07. The lowest BCUT2D eigenvalue weighted by Crippen LogP contribution is -2.08. The molecule has 3 nitrogen and oxygen atoms in total. The van der Waals surface area contributed by atoms with Gasteiger partial charge in [0.25, 0.3) is 0 Å². The first-order valence-corrected chi connectivity index (χ1v) is 5.30. The molecule has 0 aliphatic carbocycles. The zero-order valence-electron chi connectivity index (χ0n) is 9.17. The number of rotatable bonds is 3. The number of nitriles is 1. The van der Waals surface area contributed by atoms with E-state index in [4.69, 9.17) is 5.26 Å². The Morgan fingerprint density at radius 2 is 1.65 bits per heavy atom. The van der Waals surface area contributed by atoms with Crippen LogP contribution in [0, 0.1) is 11.3 Å². The van der Waals surface area contributed by atoms with Gasteiger partial charge in [0.05, 0.1) is 11.8 Å². The van der Waals surface area contributed by atoms with Crippen LogP contribution in [0.3, 0.4) is 0 Å². The molecule has 2 rings (SSSR count). The highest BCUT2D eigenvalue weighted by atomic mass is 16.3. The Balaban J connectivity index is 2.23. The topological polar surface area (TPSA) is 56.0 Å². The van der Waals surface area contributed by atoms with E-state index in [0.717, 1.165) is 5.56 Å². The molecule has 0 unspecified atom stereocenters. The lowest BCUT2D eigenvalue weighted by Gasteiger charge is -2.14. The zero-order chi connectivity index (χ0) is 12.1. The molecule has 2 N–H and O–H groups in total. The van der Waals surface area contributed by atoms with Crippen LogP contribution in [-0.2, 0) is 0 Å². The van der Waals surface area contributed by atoms with Crippen LogP contribution in [0.5, 0.6) is 5.75 Å². The van der Waals surface area contributed by atoms with Crippen LogP contribution < -0.4 is 5.32 Å². The van der Waals surface area contributed by atoms with E-state index in [1.807, 2.05) is 36.4 Å². The number of nitrogens with one attached hydrogen (secondary N) is 1.